The molecule has 0 fully saturated rings. The van der Waals surface area contributed by atoms with Crippen molar-refractivity contribution in [3.05, 3.63) is 30.2 Å². The van der Waals surface area contributed by atoms with E-state index in [-0.39, 0.29) is 12.0 Å². The van der Waals surface area contributed by atoms with Crippen LogP contribution in [0.15, 0.2) is 28.8 Å². The van der Waals surface area contributed by atoms with E-state index in [2.05, 4.69) is 15.5 Å². The van der Waals surface area contributed by atoms with Gasteiger partial charge in [-0.2, -0.15) is 4.98 Å². The molecule has 0 aliphatic heterocycles. The summed E-state index contributed by atoms with van der Waals surface area (Å²) in [5.41, 5.74) is 0.759. The molecule has 0 atom stereocenters. The molecule has 25 heavy (non-hydrogen) atoms. The van der Waals surface area contributed by atoms with Gasteiger partial charge in [-0.3, -0.25) is 4.79 Å². The van der Waals surface area contributed by atoms with Crippen molar-refractivity contribution in [1.82, 2.24) is 15.5 Å². The SMILES string of the molecule is COc1ccccc1-c1noc(CCC(=O)NCCCOC(C)C)n1. The maximum Gasteiger partial charge on any atom is 0.227 e. The molecule has 0 spiro atoms. The van der Waals surface area contributed by atoms with Gasteiger partial charge in [0.1, 0.15) is 5.75 Å². The molecule has 1 aromatic heterocycles. The smallest absolute Gasteiger partial charge is 0.227 e. The number of benzene rings is 1. The minimum Gasteiger partial charge on any atom is -0.496 e. The van der Waals surface area contributed by atoms with E-state index in [0.29, 0.717) is 43.5 Å². The molecule has 2 aromatic rings. The average molecular weight is 347 g/mol. The van der Waals surface area contributed by atoms with Gasteiger partial charge in [0, 0.05) is 26.0 Å². The van der Waals surface area contributed by atoms with Gasteiger partial charge in [0.25, 0.3) is 0 Å². The second-order valence-corrected chi connectivity index (χ2v) is 5.84. The van der Waals surface area contributed by atoms with E-state index in [1.54, 1.807) is 7.11 Å². The minimum atomic E-state index is -0.0402. The lowest BCUT2D eigenvalue weighted by Gasteiger charge is -2.07. The van der Waals surface area contributed by atoms with Crippen LogP contribution in [0.4, 0.5) is 0 Å². The van der Waals surface area contributed by atoms with Gasteiger partial charge in [-0.05, 0) is 32.4 Å². The van der Waals surface area contributed by atoms with Crippen LogP contribution >= 0.6 is 0 Å². The second-order valence-electron chi connectivity index (χ2n) is 5.84. The Morgan fingerprint density at radius 2 is 2.12 bits per heavy atom. The van der Waals surface area contributed by atoms with Gasteiger partial charge < -0.3 is 19.3 Å². The van der Waals surface area contributed by atoms with Crippen LogP contribution in [0.2, 0.25) is 0 Å². The van der Waals surface area contributed by atoms with E-state index in [1.807, 2.05) is 38.1 Å². The Hall–Kier alpha value is -2.41. The normalized spacial score (nSPS) is 10.9. The molecule has 0 saturated carbocycles. The number of rotatable bonds is 10. The van der Waals surface area contributed by atoms with E-state index in [1.165, 1.54) is 0 Å². The Morgan fingerprint density at radius 1 is 1.32 bits per heavy atom. The molecule has 1 aromatic carbocycles. The standard InChI is InChI=1S/C18H25N3O4/c1-13(2)24-12-6-11-19-16(22)9-10-17-20-18(21-25-17)14-7-4-5-8-15(14)23-3/h4-5,7-8,13H,6,9-12H2,1-3H3,(H,19,22). The highest BCUT2D eigenvalue weighted by atomic mass is 16.5. The lowest BCUT2D eigenvalue weighted by Crippen LogP contribution is -2.25. The number of amides is 1. The second kappa shape index (κ2) is 9.78. The van der Waals surface area contributed by atoms with Crippen molar-refractivity contribution in [2.45, 2.75) is 39.2 Å². The first-order valence-electron chi connectivity index (χ1n) is 8.44. The molecule has 0 radical (unpaired) electrons. The third kappa shape index (κ3) is 6.19. The van der Waals surface area contributed by atoms with Crippen molar-refractivity contribution < 1.29 is 18.8 Å². The fourth-order valence-electron chi connectivity index (χ4n) is 2.22. The van der Waals surface area contributed by atoms with Crippen LogP contribution in [0.3, 0.4) is 0 Å². The summed E-state index contributed by atoms with van der Waals surface area (Å²) in [6.45, 7) is 5.22. The zero-order valence-electron chi connectivity index (χ0n) is 14.9. The van der Waals surface area contributed by atoms with E-state index in [0.717, 1.165) is 12.0 Å². The molecule has 1 N–H and O–H groups in total. The number of nitrogens with zero attached hydrogens (tertiary/aromatic N) is 2. The predicted molar refractivity (Wildman–Crippen MR) is 93.3 cm³/mol. The Bertz CT molecular complexity index is 670. The van der Waals surface area contributed by atoms with E-state index in [4.69, 9.17) is 14.0 Å². The zero-order chi connectivity index (χ0) is 18.1. The number of carbonyl (C=O) groups is 1. The zero-order valence-corrected chi connectivity index (χ0v) is 14.9. The van der Waals surface area contributed by atoms with E-state index < -0.39 is 0 Å². The molecular formula is C18H25N3O4. The molecule has 2 rings (SSSR count). The minimum absolute atomic E-state index is 0.0402. The van der Waals surface area contributed by atoms with Crippen molar-refractivity contribution >= 4 is 5.91 Å². The van der Waals surface area contributed by atoms with Crippen LogP contribution in [0.1, 0.15) is 32.6 Å². The molecule has 0 aliphatic carbocycles. The molecular weight excluding hydrogens is 322 g/mol. The Balaban J connectivity index is 1.77. The van der Waals surface area contributed by atoms with Crippen LogP contribution in [-0.2, 0) is 16.0 Å². The average Bonchev–Trinajstić information content (AvgIpc) is 3.08. The fraction of sp³-hybridized carbons (Fsp3) is 0.500. The lowest BCUT2D eigenvalue weighted by atomic mass is 10.2. The van der Waals surface area contributed by atoms with Gasteiger partial charge in [0.05, 0.1) is 18.8 Å². The van der Waals surface area contributed by atoms with Crippen molar-refractivity contribution in [1.29, 1.82) is 0 Å². The van der Waals surface area contributed by atoms with Crippen LogP contribution < -0.4 is 10.1 Å². The Morgan fingerprint density at radius 3 is 2.88 bits per heavy atom. The maximum absolute atomic E-state index is 11.8. The van der Waals surface area contributed by atoms with Crippen LogP contribution in [-0.4, -0.2) is 42.4 Å². The Labute approximate surface area is 147 Å². The van der Waals surface area contributed by atoms with Gasteiger partial charge in [0.2, 0.25) is 17.6 Å². The first-order chi connectivity index (χ1) is 12.1. The first-order valence-corrected chi connectivity index (χ1v) is 8.44. The third-order valence-corrected chi connectivity index (χ3v) is 3.48. The molecule has 0 bridgehead atoms. The first kappa shape index (κ1) is 18.9. The molecule has 7 nitrogen and oxygen atoms in total. The maximum atomic E-state index is 11.8. The summed E-state index contributed by atoms with van der Waals surface area (Å²) in [6, 6.07) is 7.45. The predicted octanol–water partition coefficient (Wildman–Crippen LogP) is 2.61. The summed E-state index contributed by atoms with van der Waals surface area (Å²) in [7, 11) is 1.59. The van der Waals surface area contributed by atoms with E-state index in [9.17, 15) is 4.79 Å². The number of methoxy groups -OCH3 is 1. The number of ether oxygens (including phenoxy) is 2. The molecule has 136 valence electrons. The van der Waals surface area contributed by atoms with Crippen LogP contribution in [0, 0.1) is 0 Å². The summed E-state index contributed by atoms with van der Waals surface area (Å²) in [5.74, 6) is 1.52. The van der Waals surface area contributed by atoms with Crippen LogP contribution in [0.25, 0.3) is 11.4 Å². The van der Waals surface area contributed by atoms with Gasteiger partial charge >= 0.3 is 0 Å². The topological polar surface area (TPSA) is 86.5 Å². The lowest BCUT2D eigenvalue weighted by molar-refractivity contribution is -0.121. The van der Waals surface area contributed by atoms with Gasteiger partial charge in [-0.25, -0.2) is 0 Å². The quantitative estimate of drug-likeness (QED) is 0.665. The highest BCUT2D eigenvalue weighted by molar-refractivity contribution is 5.76. The number of aryl methyl sites for hydroxylation is 1. The van der Waals surface area contributed by atoms with Crippen LogP contribution in [0.5, 0.6) is 5.75 Å². The number of nitrogens with one attached hydrogen (secondary N) is 1. The molecule has 0 aliphatic rings. The Kier molecular flexibility index (Phi) is 7.40. The molecule has 0 unspecified atom stereocenters. The summed E-state index contributed by atoms with van der Waals surface area (Å²) >= 11 is 0. The van der Waals surface area contributed by atoms with Crippen molar-refractivity contribution in [3.8, 4) is 17.1 Å². The number of para-hydroxylation sites is 1. The largest absolute Gasteiger partial charge is 0.496 e. The number of carbonyl (C=O) groups excluding carboxylic acids is 1. The number of hydrogen-bond acceptors (Lipinski definition) is 6. The summed E-state index contributed by atoms with van der Waals surface area (Å²) in [4.78, 5) is 16.2. The van der Waals surface area contributed by atoms with Crippen molar-refractivity contribution in [2.75, 3.05) is 20.3 Å². The fourth-order valence-corrected chi connectivity index (χ4v) is 2.22. The molecule has 7 heteroatoms. The van der Waals surface area contributed by atoms with E-state index >= 15 is 0 Å². The highest BCUT2D eigenvalue weighted by Gasteiger charge is 2.13. The summed E-state index contributed by atoms with van der Waals surface area (Å²) in [6.07, 6.45) is 1.71. The molecule has 1 amide bonds. The van der Waals surface area contributed by atoms with Crippen molar-refractivity contribution in [2.24, 2.45) is 0 Å². The number of aromatic nitrogens is 2. The highest BCUT2D eigenvalue weighted by Crippen LogP contribution is 2.27. The molecule has 0 saturated heterocycles. The third-order valence-electron chi connectivity index (χ3n) is 3.48. The van der Waals surface area contributed by atoms with Crippen molar-refractivity contribution in [3.63, 3.8) is 0 Å². The summed E-state index contributed by atoms with van der Waals surface area (Å²) in [5, 5.41) is 6.82. The van der Waals surface area contributed by atoms with Gasteiger partial charge in [0.15, 0.2) is 0 Å². The monoisotopic (exact) mass is 347 g/mol. The molecule has 1 heterocycles. The summed E-state index contributed by atoms with van der Waals surface area (Å²) < 4.78 is 15.9. The van der Waals surface area contributed by atoms with Gasteiger partial charge in [-0.1, -0.05) is 17.3 Å². The van der Waals surface area contributed by atoms with Gasteiger partial charge in [-0.15, -0.1) is 0 Å². The number of hydrogen-bond donors (Lipinski definition) is 1.